The Morgan fingerprint density at radius 3 is 2.30 bits per heavy atom. The van der Waals surface area contributed by atoms with Crippen molar-refractivity contribution in [3.63, 3.8) is 0 Å². The van der Waals surface area contributed by atoms with Gasteiger partial charge in [-0.25, -0.2) is 0 Å². The molecule has 0 aliphatic carbocycles. The molecule has 0 fully saturated rings. The summed E-state index contributed by atoms with van der Waals surface area (Å²) in [5, 5.41) is 1.42. The molecular formula is C17H18BrClO. The summed E-state index contributed by atoms with van der Waals surface area (Å²) in [6, 6.07) is 10.1. The summed E-state index contributed by atoms with van der Waals surface area (Å²) in [5.41, 5.74) is 6.06. The molecule has 2 aromatic rings. The van der Waals surface area contributed by atoms with E-state index in [0.29, 0.717) is 11.9 Å². The zero-order valence-corrected chi connectivity index (χ0v) is 14.3. The van der Waals surface area contributed by atoms with Crippen LogP contribution in [0.4, 0.5) is 0 Å². The molecule has 2 rings (SSSR count). The molecule has 0 heterocycles. The molecule has 0 aliphatic heterocycles. The number of halogens is 2. The third kappa shape index (κ3) is 3.36. The van der Waals surface area contributed by atoms with Gasteiger partial charge in [0.1, 0.15) is 12.4 Å². The van der Waals surface area contributed by atoms with E-state index in [-0.39, 0.29) is 0 Å². The van der Waals surface area contributed by atoms with Gasteiger partial charge in [-0.05, 0) is 49.6 Å². The highest BCUT2D eigenvalue weighted by atomic mass is 79.9. The van der Waals surface area contributed by atoms with E-state index < -0.39 is 0 Å². The van der Waals surface area contributed by atoms with Gasteiger partial charge in [0.25, 0.3) is 0 Å². The SMILES string of the molecule is Cc1cc(C)c(COc2cccc(Cl)c2CBr)c(C)c1. The van der Waals surface area contributed by atoms with Crippen LogP contribution in [0.2, 0.25) is 5.02 Å². The quantitative estimate of drug-likeness (QED) is 0.637. The Morgan fingerprint density at radius 1 is 1.05 bits per heavy atom. The lowest BCUT2D eigenvalue weighted by Gasteiger charge is -2.15. The second kappa shape index (κ2) is 6.64. The minimum Gasteiger partial charge on any atom is -0.489 e. The van der Waals surface area contributed by atoms with Gasteiger partial charge in [-0.3, -0.25) is 0 Å². The van der Waals surface area contributed by atoms with Gasteiger partial charge in [-0.1, -0.05) is 51.3 Å². The first-order valence-electron chi connectivity index (χ1n) is 6.55. The summed E-state index contributed by atoms with van der Waals surface area (Å²) >= 11 is 9.64. The third-order valence-corrected chi connectivity index (χ3v) is 4.34. The highest BCUT2D eigenvalue weighted by Gasteiger charge is 2.09. The molecule has 0 aromatic heterocycles. The Hall–Kier alpha value is -0.990. The number of alkyl halides is 1. The average Bonchev–Trinajstić information content (AvgIpc) is 2.37. The van der Waals surface area contributed by atoms with Crippen molar-refractivity contribution in [3.8, 4) is 5.75 Å². The van der Waals surface area contributed by atoms with Gasteiger partial charge >= 0.3 is 0 Å². The molecule has 0 spiro atoms. The zero-order valence-electron chi connectivity index (χ0n) is 12.0. The fourth-order valence-electron chi connectivity index (χ4n) is 2.39. The molecule has 0 radical (unpaired) electrons. The third-order valence-electron chi connectivity index (χ3n) is 3.42. The van der Waals surface area contributed by atoms with Gasteiger partial charge in [0.2, 0.25) is 0 Å². The largest absolute Gasteiger partial charge is 0.489 e. The molecule has 2 aromatic carbocycles. The maximum absolute atomic E-state index is 6.18. The van der Waals surface area contributed by atoms with Gasteiger partial charge in [-0.2, -0.15) is 0 Å². The number of ether oxygens (including phenoxy) is 1. The maximum atomic E-state index is 6.18. The number of hydrogen-bond donors (Lipinski definition) is 0. The first kappa shape index (κ1) is 15.4. The number of hydrogen-bond acceptors (Lipinski definition) is 1. The molecule has 0 amide bonds. The first-order chi connectivity index (χ1) is 9.52. The van der Waals surface area contributed by atoms with E-state index in [2.05, 4.69) is 48.8 Å². The molecule has 106 valence electrons. The lowest BCUT2D eigenvalue weighted by Crippen LogP contribution is -2.03. The van der Waals surface area contributed by atoms with Crippen molar-refractivity contribution in [3.05, 3.63) is 63.2 Å². The summed E-state index contributed by atoms with van der Waals surface area (Å²) in [4.78, 5) is 0. The van der Waals surface area contributed by atoms with Crippen LogP contribution in [0.5, 0.6) is 5.75 Å². The molecular weight excluding hydrogens is 336 g/mol. The van der Waals surface area contributed by atoms with Gasteiger partial charge in [0.05, 0.1) is 0 Å². The Balaban J connectivity index is 2.24. The molecule has 0 atom stereocenters. The Morgan fingerprint density at radius 2 is 1.70 bits per heavy atom. The van der Waals surface area contributed by atoms with Crippen molar-refractivity contribution in [1.82, 2.24) is 0 Å². The van der Waals surface area contributed by atoms with Gasteiger partial charge < -0.3 is 4.74 Å². The summed E-state index contributed by atoms with van der Waals surface area (Å²) in [7, 11) is 0. The van der Waals surface area contributed by atoms with Crippen LogP contribution in [0.1, 0.15) is 27.8 Å². The average molecular weight is 354 g/mol. The monoisotopic (exact) mass is 352 g/mol. The molecule has 0 saturated heterocycles. The lowest BCUT2D eigenvalue weighted by molar-refractivity contribution is 0.302. The molecule has 0 N–H and O–H groups in total. The van der Waals surface area contributed by atoms with Crippen molar-refractivity contribution in [2.45, 2.75) is 32.7 Å². The van der Waals surface area contributed by atoms with Crippen molar-refractivity contribution < 1.29 is 4.74 Å². The first-order valence-corrected chi connectivity index (χ1v) is 8.05. The van der Waals surface area contributed by atoms with Crippen molar-refractivity contribution in [2.75, 3.05) is 0 Å². The van der Waals surface area contributed by atoms with E-state index in [1.807, 2.05) is 18.2 Å². The van der Waals surface area contributed by atoms with Crippen LogP contribution in [0.25, 0.3) is 0 Å². The Kier molecular flexibility index (Phi) is 5.11. The standard InChI is InChI=1S/C17H18BrClO/c1-11-7-12(2)15(13(3)8-11)10-20-17-6-4-5-16(19)14(17)9-18/h4-8H,9-10H2,1-3H3. The molecule has 1 nitrogen and oxygen atoms in total. The van der Waals surface area contributed by atoms with Crippen LogP contribution in [0, 0.1) is 20.8 Å². The van der Waals surface area contributed by atoms with Crippen LogP contribution in [0.15, 0.2) is 30.3 Å². The topological polar surface area (TPSA) is 9.23 Å². The van der Waals surface area contributed by atoms with E-state index in [9.17, 15) is 0 Å². The Labute approximate surface area is 134 Å². The maximum Gasteiger partial charge on any atom is 0.125 e. The van der Waals surface area contributed by atoms with Crippen LogP contribution in [-0.4, -0.2) is 0 Å². The second-order valence-corrected chi connectivity index (χ2v) is 5.98. The van der Waals surface area contributed by atoms with Crippen LogP contribution < -0.4 is 4.74 Å². The van der Waals surface area contributed by atoms with Crippen molar-refractivity contribution in [1.29, 1.82) is 0 Å². The minimum absolute atomic E-state index is 0.568. The number of benzene rings is 2. The van der Waals surface area contributed by atoms with Crippen molar-refractivity contribution >= 4 is 27.5 Å². The van der Waals surface area contributed by atoms with Gasteiger partial charge in [0, 0.05) is 15.9 Å². The van der Waals surface area contributed by atoms with E-state index in [1.54, 1.807) is 0 Å². The number of rotatable bonds is 4. The van der Waals surface area contributed by atoms with E-state index in [1.165, 1.54) is 22.3 Å². The minimum atomic E-state index is 0.568. The fourth-order valence-corrected chi connectivity index (χ4v) is 3.36. The highest BCUT2D eigenvalue weighted by Crippen LogP contribution is 2.29. The molecule has 0 aliphatic rings. The number of aryl methyl sites for hydroxylation is 3. The molecule has 20 heavy (non-hydrogen) atoms. The summed E-state index contributed by atoms with van der Waals surface area (Å²) < 4.78 is 5.98. The molecule has 0 bridgehead atoms. The predicted octanol–water partition coefficient (Wildman–Crippen LogP) is 5.74. The smallest absolute Gasteiger partial charge is 0.125 e. The van der Waals surface area contributed by atoms with Crippen LogP contribution in [0.3, 0.4) is 0 Å². The highest BCUT2D eigenvalue weighted by molar-refractivity contribution is 9.08. The normalized spacial score (nSPS) is 10.7. The molecule has 3 heteroatoms. The summed E-state index contributed by atoms with van der Waals surface area (Å²) in [5.74, 6) is 0.841. The second-order valence-electron chi connectivity index (χ2n) is 5.02. The summed E-state index contributed by atoms with van der Waals surface area (Å²) in [6.45, 7) is 6.94. The summed E-state index contributed by atoms with van der Waals surface area (Å²) in [6.07, 6.45) is 0. The molecule has 0 unspecified atom stereocenters. The lowest BCUT2D eigenvalue weighted by atomic mass is 10.0. The van der Waals surface area contributed by atoms with Crippen LogP contribution >= 0.6 is 27.5 Å². The molecule has 0 saturated carbocycles. The zero-order chi connectivity index (χ0) is 14.7. The van der Waals surface area contributed by atoms with E-state index in [0.717, 1.165) is 16.3 Å². The van der Waals surface area contributed by atoms with Crippen LogP contribution in [-0.2, 0) is 11.9 Å². The van der Waals surface area contributed by atoms with Crippen molar-refractivity contribution in [2.24, 2.45) is 0 Å². The van der Waals surface area contributed by atoms with Gasteiger partial charge in [-0.15, -0.1) is 0 Å². The Bertz CT molecular complexity index is 599. The van der Waals surface area contributed by atoms with E-state index in [4.69, 9.17) is 16.3 Å². The van der Waals surface area contributed by atoms with Gasteiger partial charge in [0.15, 0.2) is 0 Å². The fraction of sp³-hybridized carbons (Fsp3) is 0.294. The van der Waals surface area contributed by atoms with E-state index >= 15 is 0 Å². The predicted molar refractivity (Wildman–Crippen MR) is 89.1 cm³/mol.